The van der Waals surface area contributed by atoms with Crippen LogP contribution < -0.4 is 0 Å². The minimum absolute atomic E-state index is 0. The van der Waals surface area contributed by atoms with Gasteiger partial charge in [0.15, 0.2) is 17.4 Å². The molecule has 0 saturated heterocycles. The van der Waals surface area contributed by atoms with Gasteiger partial charge in [-0.15, -0.1) is 0 Å². The van der Waals surface area contributed by atoms with Crippen LogP contribution in [-0.2, 0) is 38.8 Å². The molecule has 4 heavy (non-hydrogen) atoms. The van der Waals surface area contributed by atoms with E-state index in [1.807, 2.05) is 0 Å². The Morgan fingerprint density at radius 3 is 1.00 bits per heavy atom. The predicted molar refractivity (Wildman–Crippen MR) is 21.3 cm³/mol. The maximum absolute atomic E-state index is 0. The molecule has 0 N–H and O–H groups in total. The zero-order valence-corrected chi connectivity index (χ0v) is 3.52. The molecule has 0 aliphatic rings. The molecule has 0 atom stereocenters. The van der Waals surface area contributed by atoms with Crippen LogP contribution in [0.2, 0.25) is 0 Å². The maximum atomic E-state index is 0. The second kappa shape index (κ2) is 20.1. The van der Waals surface area contributed by atoms with E-state index >= 15 is 0 Å². The van der Waals surface area contributed by atoms with E-state index < -0.39 is 0 Å². The minimum atomic E-state index is 0. The molecular formula is H7AlFeSiTi. The molecule has 0 aliphatic heterocycles. The van der Waals surface area contributed by atoms with Crippen LogP contribution in [0.1, 0.15) is 0 Å². The summed E-state index contributed by atoms with van der Waals surface area (Å²) in [6.07, 6.45) is 0. The molecule has 0 heterocycles. The smallest absolute Gasteiger partial charge is 0.0149 e. The van der Waals surface area contributed by atoms with E-state index in [1.54, 1.807) is 0 Å². The second-order valence-corrected chi connectivity index (χ2v) is 0. The monoisotopic (exact) mass is 166 g/mol. The van der Waals surface area contributed by atoms with E-state index in [1.165, 1.54) is 0 Å². The Morgan fingerprint density at radius 2 is 1.00 bits per heavy atom. The maximum Gasteiger partial charge on any atom is 0.187 e. The summed E-state index contributed by atoms with van der Waals surface area (Å²) in [5.74, 6) is 0. The molecule has 0 fully saturated rings. The molecule has 0 amide bonds. The fourth-order valence-electron chi connectivity index (χ4n) is 0. The van der Waals surface area contributed by atoms with Gasteiger partial charge in [0.25, 0.3) is 0 Å². The Hall–Kier alpha value is 1.98. The van der Waals surface area contributed by atoms with E-state index in [4.69, 9.17) is 0 Å². The van der Waals surface area contributed by atoms with Crippen molar-refractivity contribution in [3.05, 3.63) is 0 Å². The van der Waals surface area contributed by atoms with Crippen molar-refractivity contribution in [2.75, 3.05) is 0 Å². The van der Waals surface area contributed by atoms with Gasteiger partial charge in [0.05, 0.1) is 0 Å². The number of hydrogen-bond donors (Lipinski definition) is 0. The Morgan fingerprint density at radius 1 is 1.00 bits per heavy atom. The van der Waals surface area contributed by atoms with Gasteiger partial charge in [0.1, 0.15) is 0 Å². The summed E-state index contributed by atoms with van der Waals surface area (Å²) in [4.78, 5) is 0. The van der Waals surface area contributed by atoms with E-state index in [0.29, 0.717) is 0 Å². The van der Waals surface area contributed by atoms with Crippen molar-refractivity contribution < 1.29 is 38.8 Å². The van der Waals surface area contributed by atoms with Gasteiger partial charge >= 0.3 is 0 Å². The van der Waals surface area contributed by atoms with Gasteiger partial charge in [-0.05, 0) is 11.0 Å². The van der Waals surface area contributed by atoms with Crippen LogP contribution in [0.4, 0.5) is 0 Å². The molecule has 0 radical (unpaired) electrons. The van der Waals surface area contributed by atoms with Crippen molar-refractivity contribution in [3.63, 3.8) is 0 Å². The van der Waals surface area contributed by atoms with E-state index in [2.05, 4.69) is 0 Å². The molecule has 0 aliphatic carbocycles. The summed E-state index contributed by atoms with van der Waals surface area (Å²) < 4.78 is 0. The SMILES string of the molecule is [AlH3].[Fe].[SiH4].[Ti]. The summed E-state index contributed by atoms with van der Waals surface area (Å²) in [6.45, 7) is 0. The van der Waals surface area contributed by atoms with Gasteiger partial charge in [-0.25, -0.2) is 0 Å². The first-order valence-electron chi connectivity index (χ1n) is 0. The van der Waals surface area contributed by atoms with Crippen LogP contribution in [0, 0.1) is 0 Å². The first kappa shape index (κ1) is 37.8. The van der Waals surface area contributed by atoms with Gasteiger partial charge in [-0.3, -0.25) is 0 Å². The average Bonchev–Trinajstić information content (AvgIpc) is 0. The Kier molecular flexibility index (Phi) is 190. The van der Waals surface area contributed by atoms with Crippen molar-refractivity contribution in [2.24, 2.45) is 0 Å². The topological polar surface area (TPSA) is 0 Å². The largest absolute Gasteiger partial charge is 0.187 e. The van der Waals surface area contributed by atoms with Crippen molar-refractivity contribution in [3.8, 4) is 0 Å². The second-order valence-electron chi connectivity index (χ2n) is 0. The molecular weight excluding hydrogens is 159 g/mol. The molecule has 0 nitrogen and oxygen atoms in total. The van der Waals surface area contributed by atoms with Crippen LogP contribution in [0.15, 0.2) is 0 Å². The van der Waals surface area contributed by atoms with Gasteiger partial charge in [0, 0.05) is 38.8 Å². The standard InChI is InChI=1S/Al.Fe.H4Si.Ti.3H/h;;1H4;;;;. The normalized spacial score (nSPS) is 0. The predicted octanol–water partition coefficient (Wildman–Crippen LogP) is -2.64. The van der Waals surface area contributed by atoms with Crippen LogP contribution in [0.25, 0.3) is 0 Å². The first-order valence-corrected chi connectivity index (χ1v) is 0. The van der Waals surface area contributed by atoms with E-state index in [-0.39, 0.29) is 67.1 Å². The molecule has 0 spiro atoms. The molecule has 26 valence electrons. The van der Waals surface area contributed by atoms with Crippen molar-refractivity contribution in [1.29, 1.82) is 0 Å². The minimum Gasteiger partial charge on any atom is -0.0149 e. The third kappa shape index (κ3) is 9.01. The summed E-state index contributed by atoms with van der Waals surface area (Å²) in [5.41, 5.74) is 0. The fraction of sp³-hybridized carbons (Fsp3) is 0. The van der Waals surface area contributed by atoms with Gasteiger partial charge in [-0.1, -0.05) is 0 Å². The summed E-state index contributed by atoms with van der Waals surface area (Å²) in [6, 6.07) is 0. The summed E-state index contributed by atoms with van der Waals surface area (Å²) >= 11 is 0. The molecule has 0 rings (SSSR count). The Balaban J connectivity index is 0. The van der Waals surface area contributed by atoms with Gasteiger partial charge < -0.3 is 0 Å². The third-order valence-corrected chi connectivity index (χ3v) is 0. The van der Waals surface area contributed by atoms with Gasteiger partial charge in [0.2, 0.25) is 0 Å². The zero-order valence-electron chi connectivity index (χ0n) is 0.854. The van der Waals surface area contributed by atoms with Crippen molar-refractivity contribution in [2.45, 2.75) is 0 Å². The Labute approximate surface area is 66.6 Å². The average molecular weight is 166 g/mol. The zero-order chi connectivity index (χ0) is 0. The van der Waals surface area contributed by atoms with Gasteiger partial charge in [-0.2, -0.15) is 0 Å². The molecule has 4 heteroatoms. The fourth-order valence-corrected chi connectivity index (χ4v) is 0. The Bertz CT molecular complexity index is 8.00. The molecule has 0 unspecified atom stereocenters. The quantitative estimate of drug-likeness (QED) is 0.345. The van der Waals surface area contributed by atoms with E-state index in [9.17, 15) is 0 Å². The number of rotatable bonds is 0. The molecule has 0 bridgehead atoms. The van der Waals surface area contributed by atoms with Crippen LogP contribution in [0.5, 0.6) is 0 Å². The van der Waals surface area contributed by atoms with Crippen LogP contribution in [0.3, 0.4) is 0 Å². The van der Waals surface area contributed by atoms with Crippen molar-refractivity contribution >= 4 is 28.3 Å². The van der Waals surface area contributed by atoms with Crippen LogP contribution in [-0.4, -0.2) is 28.3 Å². The molecule has 0 aromatic carbocycles. The third-order valence-electron chi connectivity index (χ3n) is 0. The summed E-state index contributed by atoms with van der Waals surface area (Å²) in [7, 11) is 0. The first-order chi connectivity index (χ1) is 0. The molecule has 0 saturated carbocycles. The number of hydrogen-bond acceptors (Lipinski definition) is 0. The molecule has 0 aromatic heterocycles. The summed E-state index contributed by atoms with van der Waals surface area (Å²) in [5, 5.41) is 0. The van der Waals surface area contributed by atoms with E-state index in [0.717, 1.165) is 0 Å². The molecule has 0 aromatic rings. The van der Waals surface area contributed by atoms with Crippen molar-refractivity contribution in [1.82, 2.24) is 0 Å². The van der Waals surface area contributed by atoms with Crippen LogP contribution >= 0.6 is 0 Å².